The lowest BCUT2D eigenvalue weighted by Crippen LogP contribution is -1.85. The molecular weight excluding hydrogens is 203 g/mol. The Hall–Kier alpha value is -1.07. The number of hydrogen-bond acceptors (Lipinski definition) is 1. The van der Waals surface area contributed by atoms with Crippen molar-refractivity contribution in [3.8, 4) is 0 Å². The van der Waals surface area contributed by atoms with Crippen LogP contribution in [-0.4, -0.2) is 13.3 Å². The largest absolute Gasteiger partial charge is 0.324 e. The van der Waals surface area contributed by atoms with Crippen LogP contribution in [-0.2, 0) is 10.7 Å². The van der Waals surface area contributed by atoms with Gasteiger partial charge in [-0.15, -0.1) is 0 Å². The van der Waals surface area contributed by atoms with E-state index in [1.54, 1.807) is 0 Å². The van der Waals surface area contributed by atoms with E-state index in [2.05, 4.69) is 30.3 Å². The van der Waals surface area contributed by atoms with Gasteiger partial charge >= 0.3 is 0 Å². The molecule has 0 N–H and O–H groups in total. The summed E-state index contributed by atoms with van der Waals surface area (Å²) in [7, 11) is -1.97. The molecule has 15 heavy (non-hydrogen) atoms. The molecule has 0 heterocycles. The Morgan fingerprint density at radius 3 is 2.33 bits per heavy atom. The number of fused-ring (bicyclic) bond motifs is 1. The summed E-state index contributed by atoms with van der Waals surface area (Å²) < 4.78 is 11.7. The minimum absolute atomic E-state index is 0.692. The number of rotatable bonds is 2. The van der Waals surface area contributed by atoms with Crippen LogP contribution in [0.15, 0.2) is 42.5 Å². The molecule has 0 aliphatic heterocycles. The van der Waals surface area contributed by atoms with Crippen LogP contribution in [0, 0.1) is 0 Å². The van der Waals surface area contributed by atoms with E-state index in [-0.39, 0.29) is 0 Å². The summed E-state index contributed by atoms with van der Waals surface area (Å²) in [5, 5.41) is 2.46. The standard InChI is InChI=1S/C13H15OP/c1-15(2,14)10-11-7-8-12-5-3-4-6-13(12)9-11/h3-9H,10H2,1-2H3. The highest BCUT2D eigenvalue weighted by atomic mass is 31.2. The van der Waals surface area contributed by atoms with E-state index in [9.17, 15) is 4.57 Å². The van der Waals surface area contributed by atoms with E-state index in [0.29, 0.717) is 6.16 Å². The van der Waals surface area contributed by atoms with Crippen molar-refractivity contribution >= 4 is 17.9 Å². The maximum Gasteiger partial charge on any atom is 0.0861 e. The van der Waals surface area contributed by atoms with E-state index in [4.69, 9.17) is 0 Å². The van der Waals surface area contributed by atoms with E-state index >= 15 is 0 Å². The molecule has 0 amide bonds. The molecule has 2 aromatic carbocycles. The maximum atomic E-state index is 11.7. The molecule has 0 unspecified atom stereocenters. The summed E-state index contributed by atoms with van der Waals surface area (Å²) in [6.07, 6.45) is 0.692. The van der Waals surface area contributed by atoms with Crippen molar-refractivity contribution in [2.24, 2.45) is 0 Å². The Labute approximate surface area is 90.5 Å². The van der Waals surface area contributed by atoms with E-state index in [1.807, 2.05) is 25.5 Å². The average molecular weight is 218 g/mol. The van der Waals surface area contributed by atoms with Gasteiger partial charge in [0.05, 0.1) is 7.14 Å². The second-order valence-corrected chi connectivity index (χ2v) is 7.88. The molecule has 1 nitrogen and oxygen atoms in total. The first-order chi connectivity index (χ1) is 7.04. The van der Waals surface area contributed by atoms with Crippen LogP contribution < -0.4 is 0 Å². The lowest BCUT2D eigenvalue weighted by atomic mass is 10.1. The monoisotopic (exact) mass is 218 g/mol. The first-order valence-electron chi connectivity index (χ1n) is 5.06. The molecule has 0 spiro atoms. The van der Waals surface area contributed by atoms with Gasteiger partial charge in [-0.1, -0.05) is 42.5 Å². The van der Waals surface area contributed by atoms with Crippen LogP contribution in [0.5, 0.6) is 0 Å². The van der Waals surface area contributed by atoms with Crippen LogP contribution in [0.3, 0.4) is 0 Å². The summed E-state index contributed by atoms with van der Waals surface area (Å²) in [5.41, 5.74) is 1.17. The van der Waals surface area contributed by atoms with Crippen LogP contribution >= 0.6 is 7.14 Å². The molecule has 0 aliphatic rings. The molecule has 0 saturated heterocycles. The van der Waals surface area contributed by atoms with Crippen molar-refractivity contribution in [2.45, 2.75) is 6.16 Å². The van der Waals surface area contributed by atoms with Gasteiger partial charge in [-0.25, -0.2) is 0 Å². The SMILES string of the molecule is CP(C)(=O)Cc1ccc2ccccc2c1. The highest BCUT2D eigenvalue weighted by molar-refractivity contribution is 7.61. The van der Waals surface area contributed by atoms with Crippen molar-refractivity contribution in [1.29, 1.82) is 0 Å². The first-order valence-corrected chi connectivity index (χ1v) is 7.85. The third kappa shape index (κ3) is 2.70. The summed E-state index contributed by atoms with van der Waals surface area (Å²) in [5.74, 6) is 0. The van der Waals surface area contributed by atoms with Crippen molar-refractivity contribution in [3.05, 3.63) is 48.0 Å². The van der Waals surface area contributed by atoms with Crippen LogP contribution in [0.4, 0.5) is 0 Å². The van der Waals surface area contributed by atoms with Gasteiger partial charge in [0, 0.05) is 6.16 Å². The molecular formula is C13H15OP. The summed E-state index contributed by atoms with van der Waals surface area (Å²) in [4.78, 5) is 0. The summed E-state index contributed by atoms with van der Waals surface area (Å²) in [6, 6.07) is 14.6. The lowest BCUT2D eigenvalue weighted by Gasteiger charge is -2.07. The van der Waals surface area contributed by atoms with Gasteiger partial charge in [0.2, 0.25) is 0 Å². The van der Waals surface area contributed by atoms with Gasteiger partial charge in [-0.3, -0.25) is 0 Å². The Balaban J connectivity index is 2.43. The van der Waals surface area contributed by atoms with E-state index in [1.165, 1.54) is 16.3 Å². The van der Waals surface area contributed by atoms with Crippen molar-refractivity contribution < 1.29 is 4.57 Å². The zero-order valence-corrected chi connectivity index (χ0v) is 10.00. The van der Waals surface area contributed by atoms with Gasteiger partial charge in [0.25, 0.3) is 0 Å². The first kappa shape index (κ1) is 10.4. The second kappa shape index (κ2) is 3.83. The van der Waals surface area contributed by atoms with Gasteiger partial charge in [-0.2, -0.15) is 0 Å². The molecule has 2 aromatic rings. The Morgan fingerprint density at radius 1 is 1.00 bits per heavy atom. The van der Waals surface area contributed by atoms with Gasteiger partial charge in [-0.05, 0) is 29.7 Å². The quantitative estimate of drug-likeness (QED) is 0.697. The number of benzene rings is 2. The maximum absolute atomic E-state index is 11.7. The fourth-order valence-corrected chi connectivity index (χ4v) is 2.85. The van der Waals surface area contributed by atoms with Crippen molar-refractivity contribution in [2.75, 3.05) is 13.3 Å². The molecule has 0 atom stereocenters. The molecule has 78 valence electrons. The predicted molar refractivity (Wildman–Crippen MR) is 67.1 cm³/mol. The molecule has 0 fully saturated rings. The highest BCUT2D eigenvalue weighted by Crippen LogP contribution is 2.40. The highest BCUT2D eigenvalue weighted by Gasteiger charge is 2.08. The Kier molecular flexibility index (Phi) is 2.67. The fourth-order valence-electron chi connectivity index (χ4n) is 1.78. The third-order valence-electron chi connectivity index (χ3n) is 2.38. The zero-order chi connectivity index (χ0) is 10.9. The van der Waals surface area contributed by atoms with Gasteiger partial charge < -0.3 is 4.57 Å². The topological polar surface area (TPSA) is 17.1 Å². The smallest absolute Gasteiger partial charge is 0.0861 e. The normalized spacial score (nSPS) is 11.9. The molecule has 0 saturated carbocycles. The van der Waals surface area contributed by atoms with Crippen LogP contribution in [0.1, 0.15) is 5.56 Å². The van der Waals surface area contributed by atoms with Gasteiger partial charge in [0.1, 0.15) is 0 Å². The molecule has 0 aromatic heterocycles. The number of hydrogen-bond donors (Lipinski definition) is 0. The Morgan fingerprint density at radius 2 is 1.67 bits per heavy atom. The Bertz CT molecular complexity index is 525. The van der Waals surface area contributed by atoms with Gasteiger partial charge in [0.15, 0.2) is 0 Å². The lowest BCUT2D eigenvalue weighted by molar-refractivity contribution is 0.582. The predicted octanol–water partition coefficient (Wildman–Crippen LogP) is 3.96. The van der Waals surface area contributed by atoms with Crippen molar-refractivity contribution in [3.63, 3.8) is 0 Å². The second-order valence-electron chi connectivity index (χ2n) is 4.41. The minimum atomic E-state index is -1.97. The average Bonchev–Trinajstić information content (AvgIpc) is 2.15. The molecule has 0 radical (unpaired) electrons. The summed E-state index contributed by atoms with van der Waals surface area (Å²) >= 11 is 0. The van der Waals surface area contributed by atoms with Crippen LogP contribution in [0.25, 0.3) is 10.8 Å². The molecule has 0 aliphatic carbocycles. The summed E-state index contributed by atoms with van der Waals surface area (Å²) in [6.45, 7) is 3.67. The third-order valence-corrected chi connectivity index (χ3v) is 3.50. The fraction of sp³-hybridized carbons (Fsp3) is 0.231. The van der Waals surface area contributed by atoms with E-state index in [0.717, 1.165) is 0 Å². The zero-order valence-electron chi connectivity index (χ0n) is 9.10. The minimum Gasteiger partial charge on any atom is -0.324 e. The van der Waals surface area contributed by atoms with E-state index < -0.39 is 7.14 Å². The molecule has 2 heteroatoms. The molecule has 0 bridgehead atoms. The molecule has 2 rings (SSSR count). The van der Waals surface area contributed by atoms with Crippen LogP contribution in [0.2, 0.25) is 0 Å². The van der Waals surface area contributed by atoms with Crippen molar-refractivity contribution in [1.82, 2.24) is 0 Å².